The van der Waals surface area contributed by atoms with Crippen molar-refractivity contribution < 1.29 is 14.3 Å². The summed E-state index contributed by atoms with van der Waals surface area (Å²) >= 11 is 0. The van der Waals surface area contributed by atoms with Gasteiger partial charge in [0.15, 0.2) is 11.5 Å². The Morgan fingerprint density at radius 3 is 2.61 bits per heavy atom. The lowest BCUT2D eigenvalue weighted by atomic mass is 9.88. The number of methoxy groups -OCH3 is 2. The predicted molar refractivity (Wildman–Crippen MR) is 88.9 cm³/mol. The Hall–Kier alpha value is -1.75. The molecule has 0 saturated carbocycles. The van der Waals surface area contributed by atoms with Crippen LogP contribution in [0.25, 0.3) is 0 Å². The summed E-state index contributed by atoms with van der Waals surface area (Å²) in [7, 11) is 3.30. The molecule has 2 aliphatic rings. The Balaban J connectivity index is 1.89. The van der Waals surface area contributed by atoms with E-state index < -0.39 is 0 Å². The number of nitrogens with zero attached hydrogens (tertiary/aromatic N) is 1. The van der Waals surface area contributed by atoms with E-state index >= 15 is 0 Å². The number of carbonyl (C=O) groups is 1. The summed E-state index contributed by atoms with van der Waals surface area (Å²) in [6.45, 7) is 5.89. The van der Waals surface area contributed by atoms with Gasteiger partial charge in [-0.3, -0.25) is 4.79 Å². The molecular weight excluding hydrogens is 292 g/mol. The zero-order valence-corrected chi connectivity index (χ0v) is 14.4. The molecule has 1 amide bonds. The highest BCUT2D eigenvalue weighted by Crippen LogP contribution is 2.39. The first-order valence-electron chi connectivity index (χ1n) is 8.33. The second kappa shape index (κ2) is 6.40. The van der Waals surface area contributed by atoms with Crippen molar-refractivity contribution in [2.75, 3.05) is 27.3 Å². The van der Waals surface area contributed by atoms with E-state index in [9.17, 15) is 4.79 Å². The van der Waals surface area contributed by atoms with Crippen molar-refractivity contribution in [1.29, 1.82) is 0 Å². The van der Waals surface area contributed by atoms with Gasteiger partial charge in [0.25, 0.3) is 0 Å². The minimum atomic E-state index is -0.0482. The van der Waals surface area contributed by atoms with Crippen LogP contribution < -0.4 is 14.8 Å². The Labute approximate surface area is 137 Å². The highest BCUT2D eigenvalue weighted by atomic mass is 16.5. The van der Waals surface area contributed by atoms with Crippen molar-refractivity contribution in [3.63, 3.8) is 0 Å². The maximum Gasteiger partial charge on any atom is 0.240 e. The van der Waals surface area contributed by atoms with Crippen LogP contribution in [0, 0.1) is 5.92 Å². The van der Waals surface area contributed by atoms with Crippen molar-refractivity contribution in [3.8, 4) is 11.5 Å². The number of hydrogen-bond donors (Lipinski definition) is 1. The van der Waals surface area contributed by atoms with E-state index in [2.05, 4.69) is 25.2 Å². The molecule has 1 fully saturated rings. The molecule has 5 heteroatoms. The first-order chi connectivity index (χ1) is 11.0. The number of hydrogen-bond acceptors (Lipinski definition) is 4. The molecule has 1 N–H and O–H groups in total. The van der Waals surface area contributed by atoms with Gasteiger partial charge in [0.05, 0.1) is 26.3 Å². The first-order valence-corrected chi connectivity index (χ1v) is 8.33. The number of piperazine rings is 1. The van der Waals surface area contributed by atoms with E-state index in [1.807, 2.05) is 11.0 Å². The van der Waals surface area contributed by atoms with Crippen molar-refractivity contribution >= 4 is 5.91 Å². The molecular formula is C18H26N2O3. The maximum absolute atomic E-state index is 12.8. The molecule has 23 heavy (non-hydrogen) atoms. The first kappa shape index (κ1) is 16.1. The van der Waals surface area contributed by atoms with Crippen molar-refractivity contribution in [3.05, 3.63) is 23.3 Å². The topological polar surface area (TPSA) is 50.8 Å². The molecule has 0 bridgehead atoms. The van der Waals surface area contributed by atoms with Crippen LogP contribution in [0.15, 0.2) is 12.1 Å². The number of fused-ring (bicyclic) bond motifs is 3. The molecule has 0 spiro atoms. The summed E-state index contributed by atoms with van der Waals surface area (Å²) in [6.07, 6.45) is 1.76. The lowest BCUT2D eigenvalue weighted by Gasteiger charge is -2.44. The number of carbonyl (C=O) groups excluding carboxylic acids is 1. The zero-order chi connectivity index (χ0) is 16.6. The number of ether oxygens (including phenoxy) is 2. The number of amides is 1. The standard InChI is InChI=1S/C18H26N2O3/c1-11(2)7-14-18(21)20-6-5-12-8-16(22-3)17(23-4)9-13(12)15(20)10-19-14/h8-9,11,14-15,19H,5-7,10H2,1-4H3/t14-,15+/m1/s1. The Morgan fingerprint density at radius 1 is 1.26 bits per heavy atom. The number of nitrogens with one attached hydrogen (secondary N) is 1. The fourth-order valence-corrected chi connectivity index (χ4v) is 3.71. The predicted octanol–water partition coefficient (Wildman–Crippen LogP) is 2.15. The van der Waals surface area contributed by atoms with Gasteiger partial charge >= 0.3 is 0 Å². The average molecular weight is 318 g/mol. The minimum Gasteiger partial charge on any atom is -0.493 e. The monoisotopic (exact) mass is 318 g/mol. The van der Waals surface area contributed by atoms with Crippen molar-refractivity contribution in [2.45, 2.75) is 38.8 Å². The summed E-state index contributed by atoms with van der Waals surface area (Å²) in [5, 5.41) is 3.44. The molecule has 3 rings (SSSR count). The molecule has 0 radical (unpaired) electrons. The van der Waals surface area contributed by atoms with Gasteiger partial charge in [-0.2, -0.15) is 0 Å². The molecule has 5 nitrogen and oxygen atoms in total. The normalized spacial score (nSPS) is 23.5. The van der Waals surface area contributed by atoms with E-state index in [1.165, 1.54) is 11.1 Å². The van der Waals surface area contributed by atoms with Crippen LogP contribution in [0.4, 0.5) is 0 Å². The van der Waals surface area contributed by atoms with Gasteiger partial charge in [0.2, 0.25) is 5.91 Å². The lowest BCUT2D eigenvalue weighted by Crippen LogP contribution is -2.58. The number of benzene rings is 1. The van der Waals surface area contributed by atoms with Gasteiger partial charge in [-0.05, 0) is 42.0 Å². The molecule has 126 valence electrons. The van der Waals surface area contributed by atoms with E-state index in [1.54, 1.807) is 14.2 Å². The van der Waals surface area contributed by atoms with Crippen molar-refractivity contribution in [1.82, 2.24) is 10.2 Å². The molecule has 0 aliphatic carbocycles. The largest absolute Gasteiger partial charge is 0.493 e. The highest BCUT2D eigenvalue weighted by Gasteiger charge is 2.39. The summed E-state index contributed by atoms with van der Waals surface area (Å²) in [5.41, 5.74) is 2.43. The Bertz CT molecular complexity index is 600. The third-order valence-electron chi connectivity index (χ3n) is 4.85. The van der Waals surface area contributed by atoms with Gasteiger partial charge in [0, 0.05) is 13.1 Å². The molecule has 2 aliphatic heterocycles. The second-order valence-corrected chi connectivity index (χ2v) is 6.79. The third kappa shape index (κ3) is 2.90. The molecule has 2 heterocycles. The highest BCUT2D eigenvalue weighted by molar-refractivity contribution is 5.83. The Morgan fingerprint density at radius 2 is 1.96 bits per heavy atom. The van der Waals surface area contributed by atoms with Crippen LogP contribution >= 0.6 is 0 Å². The van der Waals surface area contributed by atoms with Crippen LogP contribution in [-0.4, -0.2) is 44.2 Å². The second-order valence-electron chi connectivity index (χ2n) is 6.79. The fraction of sp³-hybridized carbons (Fsp3) is 0.611. The van der Waals surface area contributed by atoms with Gasteiger partial charge in [-0.1, -0.05) is 13.8 Å². The Kier molecular flexibility index (Phi) is 4.48. The van der Waals surface area contributed by atoms with Crippen LogP contribution in [-0.2, 0) is 11.2 Å². The van der Waals surface area contributed by atoms with E-state index in [-0.39, 0.29) is 18.0 Å². The maximum atomic E-state index is 12.8. The van der Waals surface area contributed by atoms with Crippen LogP contribution in [0.2, 0.25) is 0 Å². The van der Waals surface area contributed by atoms with Gasteiger partial charge in [-0.25, -0.2) is 0 Å². The number of rotatable bonds is 4. The molecule has 0 unspecified atom stereocenters. The van der Waals surface area contributed by atoms with Crippen LogP contribution in [0.5, 0.6) is 11.5 Å². The van der Waals surface area contributed by atoms with Gasteiger partial charge < -0.3 is 19.7 Å². The molecule has 1 aromatic carbocycles. The van der Waals surface area contributed by atoms with E-state index in [0.717, 1.165) is 37.4 Å². The summed E-state index contributed by atoms with van der Waals surface area (Å²) in [4.78, 5) is 14.8. The summed E-state index contributed by atoms with van der Waals surface area (Å²) in [6, 6.07) is 4.13. The fourth-order valence-electron chi connectivity index (χ4n) is 3.71. The summed E-state index contributed by atoms with van der Waals surface area (Å²) < 4.78 is 10.8. The summed E-state index contributed by atoms with van der Waals surface area (Å²) in [5.74, 6) is 2.22. The zero-order valence-electron chi connectivity index (χ0n) is 14.4. The SMILES string of the molecule is COc1cc2c(cc1OC)[C@@H]1CN[C@H](CC(C)C)C(=O)N1CC2. The average Bonchev–Trinajstić information content (AvgIpc) is 2.55. The van der Waals surface area contributed by atoms with Crippen LogP contribution in [0.1, 0.15) is 37.4 Å². The molecule has 2 atom stereocenters. The minimum absolute atomic E-state index is 0.0482. The van der Waals surface area contributed by atoms with Gasteiger partial charge in [-0.15, -0.1) is 0 Å². The quantitative estimate of drug-likeness (QED) is 0.924. The lowest BCUT2D eigenvalue weighted by molar-refractivity contribution is -0.140. The van der Waals surface area contributed by atoms with E-state index in [4.69, 9.17) is 9.47 Å². The van der Waals surface area contributed by atoms with Crippen molar-refractivity contribution in [2.24, 2.45) is 5.92 Å². The smallest absolute Gasteiger partial charge is 0.240 e. The third-order valence-corrected chi connectivity index (χ3v) is 4.85. The molecule has 0 aromatic heterocycles. The molecule has 1 aromatic rings. The molecule has 1 saturated heterocycles. The van der Waals surface area contributed by atoms with Gasteiger partial charge in [0.1, 0.15) is 0 Å². The van der Waals surface area contributed by atoms with E-state index in [0.29, 0.717) is 5.92 Å². The van der Waals surface area contributed by atoms with Crippen LogP contribution in [0.3, 0.4) is 0 Å².